The highest BCUT2D eigenvalue weighted by Crippen LogP contribution is 2.37. The Balaban J connectivity index is 2.95. The number of hydrogen-bond donors (Lipinski definition) is 1. The van der Waals surface area contributed by atoms with Gasteiger partial charge in [0.05, 0.1) is 9.17 Å². The van der Waals surface area contributed by atoms with Crippen LogP contribution in [0.15, 0.2) is 27.6 Å². The Morgan fingerprint density at radius 1 is 1.42 bits per heavy atom. The van der Waals surface area contributed by atoms with Crippen molar-refractivity contribution < 1.29 is 4.39 Å². The molecule has 0 saturated carbocycles. The first-order chi connectivity index (χ1) is 5.70. The fourth-order valence-corrected chi connectivity index (χ4v) is 2.92. The minimum Gasteiger partial charge on any atom is -0.194 e. The molecule has 0 unspecified atom stereocenters. The van der Waals surface area contributed by atoms with Crippen LogP contribution in [0.4, 0.5) is 4.39 Å². The second kappa shape index (κ2) is 3.01. The summed E-state index contributed by atoms with van der Waals surface area (Å²) >= 11 is 8.54. The SMILES string of the molecule is Fc1sc2c(S)cccc2c1Br. The molecule has 0 aliphatic heterocycles. The summed E-state index contributed by atoms with van der Waals surface area (Å²) in [7, 11) is 0. The second-order valence-electron chi connectivity index (χ2n) is 2.34. The van der Waals surface area contributed by atoms with E-state index in [1.54, 1.807) is 0 Å². The van der Waals surface area contributed by atoms with Gasteiger partial charge in [-0.15, -0.1) is 24.0 Å². The third-order valence-corrected chi connectivity index (χ3v) is 4.18. The normalized spacial score (nSPS) is 10.9. The fourth-order valence-electron chi connectivity index (χ4n) is 1.05. The van der Waals surface area contributed by atoms with Crippen LogP contribution in [-0.2, 0) is 0 Å². The molecule has 0 amide bonds. The lowest BCUT2D eigenvalue weighted by molar-refractivity contribution is 0.652. The van der Waals surface area contributed by atoms with Gasteiger partial charge < -0.3 is 0 Å². The summed E-state index contributed by atoms with van der Waals surface area (Å²) in [4.78, 5) is 0.821. The van der Waals surface area contributed by atoms with Crippen molar-refractivity contribution in [2.24, 2.45) is 0 Å². The van der Waals surface area contributed by atoms with E-state index in [9.17, 15) is 4.39 Å². The number of fused-ring (bicyclic) bond motifs is 1. The molecule has 1 heterocycles. The Kier molecular flexibility index (Phi) is 2.14. The minimum atomic E-state index is -0.188. The van der Waals surface area contributed by atoms with Crippen LogP contribution in [-0.4, -0.2) is 0 Å². The van der Waals surface area contributed by atoms with Crippen LogP contribution >= 0.6 is 39.9 Å². The maximum atomic E-state index is 13.1. The molecule has 0 saturated heterocycles. The van der Waals surface area contributed by atoms with E-state index >= 15 is 0 Å². The number of hydrogen-bond acceptors (Lipinski definition) is 2. The quantitative estimate of drug-likeness (QED) is 0.680. The van der Waals surface area contributed by atoms with Crippen molar-refractivity contribution in [3.05, 3.63) is 27.8 Å². The third kappa shape index (κ3) is 1.18. The van der Waals surface area contributed by atoms with Crippen molar-refractivity contribution in [3.8, 4) is 0 Å². The fraction of sp³-hybridized carbons (Fsp3) is 0. The van der Waals surface area contributed by atoms with Crippen molar-refractivity contribution in [2.45, 2.75) is 4.90 Å². The maximum absolute atomic E-state index is 13.1. The highest BCUT2D eigenvalue weighted by molar-refractivity contribution is 9.10. The Labute approximate surface area is 86.9 Å². The summed E-state index contributed by atoms with van der Waals surface area (Å²) in [6, 6.07) is 5.59. The lowest BCUT2D eigenvalue weighted by Crippen LogP contribution is -1.66. The van der Waals surface area contributed by atoms with Gasteiger partial charge in [-0.25, -0.2) is 0 Å². The molecule has 1 aromatic heterocycles. The van der Waals surface area contributed by atoms with Crippen LogP contribution in [0.25, 0.3) is 10.1 Å². The molecule has 0 aliphatic rings. The molecule has 2 aromatic rings. The van der Waals surface area contributed by atoms with Crippen LogP contribution in [0.2, 0.25) is 0 Å². The molecule has 0 fully saturated rings. The third-order valence-electron chi connectivity index (χ3n) is 1.59. The molecule has 0 bridgehead atoms. The van der Waals surface area contributed by atoms with Crippen LogP contribution in [0, 0.1) is 5.13 Å². The standard InChI is InChI=1S/C8H4BrFS2/c9-6-4-2-1-3-5(11)7(4)12-8(6)10/h1-3,11H. The summed E-state index contributed by atoms with van der Waals surface area (Å²) in [5.74, 6) is 0. The van der Waals surface area contributed by atoms with Gasteiger partial charge in [0.1, 0.15) is 0 Å². The topological polar surface area (TPSA) is 0 Å². The van der Waals surface area contributed by atoms with Crippen molar-refractivity contribution in [3.63, 3.8) is 0 Å². The summed E-state index contributed by atoms with van der Waals surface area (Å²) in [5, 5.41) is 0.705. The predicted octanol–water partition coefficient (Wildman–Crippen LogP) is 4.09. The second-order valence-corrected chi connectivity index (χ2v) is 4.59. The first-order valence-electron chi connectivity index (χ1n) is 3.25. The monoisotopic (exact) mass is 262 g/mol. The lowest BCUT2D eigenvalue weighted by atomic mass is 10.3. The van der Waals surface area contributed by atoms with Crippen LogP contribution in [0.3, 0.4) is 0 Å². The van der Waals surface area contributed by atoms with Gasteiger partial charge in [-0.2, -0.15) is 4.39 Å². The maximum Gasteiger partial charge on any atom is 0.191 e. The molecule has 12 heavy (non-hydrogen) atoms. The van der Waals surface area contributed by atoms with Crippen LogP contribution in [0.1, 0.15) is 0 Å². The van der Waals surface area contributed by atoms with E-state index in [0.29, 0.717) is 4.47 Å². The molecular weight excluding hydrogens is 259 g/mol. The van der Waals surface area contributed by atoms with Gasteiger partial charge >= 0.3 is 0 Å². The molecule has 0 radical (unpaired) electrons. The lowest BCUT2D eigenvalue weighted by Gasteiger charge is -1.91. The van der Waals surface area contributed by atoms with E-state index in [2.05, 4.69) is 28.6 Å². The molecule has 62 valence electrons. The number of thiol groups is 1. The van der Waals surface area contributed by atoms with E-state index in [1.165, 1.54) is 0 Å². The van der Waals surface area contributed by atoms with Crippen molar-refractivity contribution >= 4 is 50.0 Å². The highest BCUT2D eigenvalue weighted by atomic mass is 79.9. The smallest absolute Gasteiger partial charge is 0.191 e. The van der Waals surface area contributed by atoms with E-state index < -0.39 is 0 Å². The van der Waals surface area contributed by atoms with Crippen LogP contribution in [0.5, 0.6) is 0 Å². The molecule has 4 heteroatoms. The minimum absolute atomic E-state index is 0.188. The van der Waals surface area contributed by atoms with E-state index in [0.717, 1.165) is 26.3 Å². The molecule has 0 spiro atoms. The summed E-state index contributed by atoms with van der Waals surface area (Å²) in [5.41, 5.74) is 0. The largest absolute Gasteiger partial charge is 0.194 e. The first kappa shape index (κ1) is 8.53. The van der Waals surface area contributed by atoms with Gasteiger partial charge in [-0.05, 0) is 22.0 Å². The Morgan fingerprint density at radius 3 is 2.83 bits per heavy atom. The first-order valence-corrected chi connectivity index (χ1v) is 5.31. The highest BCUT2D eigenvalue weighted by Gasteiger charge is 2.10. The number of rotatable bonds is 0. The molecular formula is C8H4BrFS2. The molecule has 0 N–H and O–H groups in total. The predicted molar refractivity (Wildman–Crippen MR) is 56.7 cm³/mol. The molecule has 1 aromatic carbocycles. The van der Waals surface area contributed by atoms with Gasteiger partial charge in [0.25, 0.3) is 0 Å². The molecule has 0 aliphatic carbocycles. The summed E-state index contributed by atoms with van der Waals surface area (Å²) < 4.78 is 14.5. The zero-order valence-electron chi connectivity index (χ0n) is 5.84. The average molecular weight is 263 g/mol. The summed E-state index contributed by atoms with van der Waals surface area (Å²) in [6.07, 6.45) is 0. The van der Waals surface area contributed by atoms with Gasteiger partial charge in [0.2, 0.25) is 0 Å². The van der Waals surface area contributed by atoms with Crippen LogP contribution < -0.4 is 0 Å². The Morgan fingerprint density at radius 2 is 2.17 bits per heavy atom. The zero-order valence-corrected chi connectivity index (χ0v) is 9.14. The van der Waals surface area contributed by atoms with E-state index in [4.69, 9.17) is 0 Å². The van der Waals surface area contributed by atoms with Gasteiger partial charge in [-0.1, -0.05) is 12.1 Å². The van der Waals surface area contributed by atoms with Crippen molar-refractivity contribution in [1.82, 2.24) is 0 Å². The summed E-state index contributed by atoms with van der Waals surface area (Å²) in [6.45, 7) is 0. The van der Waals surface area contributed by atoms with E-state index in [-0.39, 0.29) is 5.13 Å². The van der Waals surface area contributed by atoms with Gasteiger partial charge in [-0.3, -0.25) is 0 Å². The Bertz CT molecular complexity index is 436. The van der Waals surface area contributed by atoms with Gasteiger partial charge in [0, 0.05) is 10.3 Å². The van der Waals surface area contributed by atoms with Crippen molar-refractivity contribution in [1.29, 1.82) is 0 Å². The van der Waals surface area contributed by atoms with Crippen molar-refractivity contribution in [2.75, 3.05) is 0 Å². The molecule has 2 rings (SSSR count). The zero-order chi connectivity index (χ0) is 8.72. The molecule has 0 nitrogen and oxygen atoms in total. The number of halogens is 2. The number of benzene rings is 1. The van der Waals surface area contributed by atoms with E-state index in [1.807, 2.05) is 18.2 Å². The number of thiophene rings is 1. The average Bonchev–Trinajstić information content (AvgIpc) is 2.32. The molecule has 0 atom stereocenters. The van der Waals surface area contributed by atoms with Gasteiger partial charge in [0.15, 0.2) is 5.13 Å². The Hall–Kier alpha value is -0.0600.